The summed E-state index contributed by atoms with van der Waals surface area (Å²) in [5.41, 5.74) is 4.17. The smallest absolute Gasteiger partial charge is 0.218 e. The van der Waals surface area contributed by atoms with Crippen LogP contribution >= 0.6 is 0 Å². The van der Waals surface area contributed by atoms with Crippen molar-refractivity contribution in [3.05, 3.63) is 47.7 Å². The molecule has 2 heteroatoms. The van der Waals surface area contributed by atoms with Crippen molar-refractivity contribution in [3.8, 4) is 11.3 Å². The number of aromatic nitrogens is 1. The van der Waals surface area contributed by atoms with Gasteiger partial charge in [0.25, 0.3) is 0 Å². The summed E-state index contributed by atoms with van der Waals surface area (Å²) in [6.45, 7) is 3.97. The molecule has 2 aromatic rings. The van der Waals surface area contributed by atoms with E-state index in [2.05, 4.69) is 0 Å². The lowest BCUT2D eigenvalue weighted by Gasteiger charge is -2.03. The number of carbonyl (C=O) groups excluding carboxylic acids is 1. The molecule has 0 saturated carbocycles. The maximum atomic E-state index is 11.0. The van der Waals surface area contributed by atoms with E-state index in [1.165, 1.54) is 0 Å². The molecule has 0 aliphatic carbocycles. The number of rotatable bonds is 2. The maximum Gasteiger partial charge on any atom is 0.218 e. The second-order valence-corrected chi connectivity index (χ2v) is 3.64. The molecule has 0 bridgehead atoms. The van der Waals surface area contributed by atoms with Gasteiger partial charge in [0.2, 0.25) is 6.41 Å². The fourth-order valence-corrected chi connectivity index (χ4v) is 1.72. The minimum Gasteiger partial charge on any atom is -0.287 e. The van der Waals surface area contributed by atoms with Crippen LogP contribution in [0.15, 0.2) is 36.4 Å². The Morgan fingerprint density at radius 2 is 1.80 bits per heavy atom. The summed E-state index contributed by atoms with van der Waals surface area (Å²) < 4.78 is 1.69. The van der Waals surface area contributed by atoms with Crippen molar-refractivity contribution in [2.45, 2.75) is 13.8 Å². The summed E-state index contributed by atoms with van der Waals surface area (Å²) in [6, 6.07) is 12.0. The van der Waals surface area contributed by atoms with Gasteiger partial charge in [-0.1, -0.05) is 30.3 Å². The molecular weight excluding hydrogens is 186 g/mol. The van der Waals surface area contributed by atoms with Gasteiger partial charge in [-0.2, -0.15) is 0 Å². The van der Waals surface area contributed by atoms with Crippen molar-refractivity contribution in [2.75, 3.05) is 0 Å². The van der Waals surface area contributed by atoms with Gasteiger partial charge in [0.15, 0.2) is 0 Å². The molecule has 0 unspecified atom stereocenters. The number of benzene rings is 1. The summed E-state index contributed by atoms with van der Waals surface area (Å²) in [5.74, 6) is 0. The van der Waals surface area contributed by atoms with Gasteiger partial charge < -0.3 is 0 Å². The summed E-state index contributed by atoms with van der Waals surface area (Å²) in [5, 5.41) is 0. The third-order valence-corrected chi connectivity index (χ3v) is 2.72. The SMILES string of the molecule is Cc1cc(-c2ccccc2)n(C=O)c1C. The van der Waals surface area contributed by atoms with Crippen molar-refractivity contribution >= 4 is 6.41 Å². The summed E-state index contributed by atoms with van der Waals surface area (Å²) in [6.07, 6.45) is 0.866. The molecule has 15 heavy (non-hydrogen) atoms. The lowest BCUT2D eigenvalue weighted by molar-refractivity contribution is 0.547. The molecule has 0 aliphatic rings. The molecule has 0 N–H and O–H groups in total. The van der Waals surface area contributed by atoms with E-state index in [0.29, 0.717) is 0 Å². The van der Waals surface area contributed by atoms with Gasteiger partial charge in [-0.3, -0.25) is 9.36 Å². The molecule has 2 nitrogen and oxygen atoms in total. The van der Waals surface area contributed by atoms with Crippen LogP contribution in [0.4, 0.5) is 0 Å². The highest BCUT2D eigenvalue weighted by atomic mass is 16.1. The molecule has 0 saturated heterocycles. The zero-order valence-electron chi connectivity index (χ0n) is 8.90. The van der Waals surface area contributed by atoms with Crippen LogP contribution in [-0.2, 0) is 4.79 Å². The predicted molar refractivity (Wildman–Crippen MR) is 61.5 cm³/mol. The van der Waals surface area contributed by atoms with Crippen molar-refractivity contribution in [2.24, 2.45) is 0 Å². The van der Waals surface area contributed by atoms with Gasteiger partial charge in [-0.25, -0.2) is 0 Å². The molecule has 1 heterocycles. The van der Waals surface area contributed by atoms with E-state index in [0.717, 1.165) is 28.9 Å². The van der Waals surface area contributed by atoms with Gasteiger partial charge in [-0.05, 0) is 31.0 Å². The topological polar surface area (TPSA) is 22.0 Å². The fourth-order valence-electron chi connectivity index (χ4n) is 1.72. The molecule has 0 atom stereocenters. The normalized spacial score (nSPS) is 10.3. The molecule has 0 fully saturated rings. The Labute approximate surface area is 89.2 Å². The van der Waals surface area contributed by atoms with Crippen LogP contribution in [0.2, 0.25) is 0 Å². The summed E-state index contributed by atoms with van der Waals surface area (Å²) in [7, 11) is 0. The molecule has 0 aliphatic heterocycles. The summed E-state index contributed by atoms with van der Waals surface area (Å²) >= 11 is 0. The quantitative estimate of drug-likeness (QED) is 0.682. The van der Waals surface area contributed by atoms with Gasteiger partial charge in [-0.15, -0.1) is 0 Å². The molecule has 0 radical (unpaired) electrons. The van der Waals surface area contributed by atoms with Crippen LogP contribution in [0.5, 0.6) is 0 Å². The van der Waals surface area contributed by atoms with E-state index in [1.54, 1.807) is 4.57 Å². The molecule has 1 aromatic carbocycles. The number of hydrogen-bond acceptors (Lipinski definition) is 1. The summed E-state index contributed by atoms with van der Waals surface area (Å²) in [4.78, 5) is 11.0. The van der Waals surface area contributed by atoms with E-state index >= 15 is 0 Å². The fraction of sp³-hybridized carbons (Fsp3) is 0.154. The average molecular weight is 199 g/mol. The molecular formula is C13H13NO. The Hall–Kier alpha value is -1.83. The predicted octanol–water partition coefficient (Wildman–Crippen LogP) is 2.81. The van der Waals surface area contributed by atoms with E-state index < -0.39 is 0 Å². The lowest BCUT2D eigenvalue weighted by atomic mass is 10.1. The Balaban J connectivity index is 2.63. The first-order valence-corrected chi connectivity index (χ1v) is 4.93. The van der Waals surface area contributed by atoms with Gasteiger partial charge in [0.1, 0.15) is 0 Å². The Morgan fingerprint density at radius 3 is 2.40 bits per heavy atom. The van der Waals surface area contributed by atoms with E-state index in [9.17, 15) is 4.79 Å². The standard InChI is InChI=1S/C13H13NO/c1-10-8-13(14(9-15)11(10)2)12-6-4-3-5-7-12/h3-9H,1-2H3. The number of nitrogens with zero attached hydrogens (tertiary/aromatic N) is 1. The molecule has 0 amide bonds. The zero-order valence-corrected chi connectivity index (χ0v) is 8.90. The van der Waals surface area contributed by atoms with E-state index in [-0.39, 0.29) is 0 Å². The van der Waals surface area contributed by atoms with E-state index in [1.807, 2.05) is 50.2 Å². The monoisotopic (exact) mass is 199 g/mol. The largest absolute Gasteiger partial charge is 0.287 e. The molecule has 0 spiro atoms. The van der Waals surface area contributed by atoms with E-state index in [4.69, 9.17) is 0 Å². The van der Waals surface area contributed by atoms with Crippen LogP contribution in [0.25, 0.3) is 11.3 Å². The Kier molecular flexibility index (Phi) is 2.42. The van der Waals surface area contributed by atoms with Crippen molar-refractivity contribution < 1.29 is 4.79 Å². The number of aryl methyl sites for hydroxylation is 1. The molecule has 76 valence electrons. The van der Waals surface area contributed by atoms with Gasteiger partial charge in [0, 0.05) is 5.69 Å². The second-order valence-electron chi connectivity index (χ2n) is 3.64. The van der Waals surface area contributed by atoms with Crippen molar-refractivity contribution in [1.29, 1.82) is 0 Å². The first-order valence-electron chi connectivity index (χ1n) is 4.93. The third kappa shape index (κ3) is 1.59. The van der Waals surface area contributed by atoms with Crippen molar-refractivity contribution in [3.63, 3.8) is 0 Å². The second kappa shape index (κ2) is 3.73. The zero-order chi connectivity index (χ0) is 10.8. The Bertz CT molecular complexity index is 483. The van der Waals surface area contributed by atoms with Gasteiger partial charge in [0.05, 0.1) is 5.69 Å². The van der Waals surface area contributed by atoms with Crippen LogP contribution in [0.1, 0.15) is 11.3 Å². The van der Waals surface area contributed by atoms with Gasteiger partial charge >= 0.3 is 0 Å². The van der Waals surface area contributed by atoms with Crippen molar-refractivity contribution in [1.82, 2.24) is 4.57 Å². The number of carbonyl (C=O) groups is 1. The minimum absolute atomic E-state index is 0.866. The maximum absolute atomic E-state index is 11.0. The molecule has 2 rings (SSSR count). The first kappa shape index (κ1) is 9.71. The minimum atomic E-state index is 0.866. The van der Waals surface area contributed by atoms with Crippen LogP contribution in [-0.4, -0.2) is 11.0 Å². The number of hydrogen-bond donors (Lipinski definition) is 0. The average Bonchev–Trinajstić information content (AvgIpc) is 2.56. The van der Waals surface area contributed by atoms with Crippen LogP contribution in [0.3, 0.4) is 0 Å². The Morgan fingerprint density at radius 1 is 1.13 bits per heavy atom. The first-order chi connectivity index (χ1) is 7.24. The lowest BCUT2D eigenvalue weighted by Crippen LogP contribution is -1.99. The van der Waals surface area contributed by atoms with Crippen LogP contribution < -0.4 is 0 Å². The highest BCUT2D eigenvalue weighted by Gasteiger charge is 2.09. The molecule has 1 aromatic heterocycles. The highest BCUT2D eigenvalue weighted by Crippen LogP contribution is 2.23. The third-order valence-electron chi connectivity index (χ3n) is 2.72. The van der Waals surface area contributed by atoms with Crippen LogP contribution in [0, 0.1) is 13.8 Å². The highest BCUT2D eigenvalue weighted by molar-refractivity contribution is 5.72.